The van der Waals surface area contributed by atoms with Gasteiger partial charge in [0.15, 0.2) is 6.61 Å². The maximum absolute atomic E-state index is 12.4. The van der Waals surface area contributed by atoms with Crippen LogP contribution >= 0.6 is 0 Å². The van der Waals surface area contributed by atoms with E-state index in [0.717, 1.165) is 12.8 Å². The van der Waals surface area contributed by atoms with Crippen LogP contribution in [0.1, 0.15) is 50.9 Å². The molecule has 0 aromatic heterocycles. The van der Waals surface area contributed by atoms with Crippen LogP contribution < -0.4 is 15.4 Å². The summed E-state index contributed by atoms with van der Waals surface area (Å²) >= 11 is 0. The van der Waals surface area contributed by atoms with E-state index in [1.807, 2.05) is 13.8 Å². The monoisotopic (exact) mass is 378 g/mol. The van der Waals surface area contributed by atoms with Gasteiger partial charge in [-0.3, -0.25) is 9.59 Å². The molecule has 0 aliphatic carbocycles. The Morgan fingerprint density at radius 2 is 1.59 bits per heavy atom. The fourth-order valence-electron chi connectivity index (χ4n) is 2.45. The molecule has 0 fully saturated rings. The number of amides is 2. The molecule has 1 rings (SSSR count). The van der Waals surface area contributed by atoms with E-state index in [9.17, 15) is 14.4 Å². The average molecular weight is 378 g/mol. The summed E-state index contributed by atoms with van der Waals surface area (Å²) in [5.74, 6) is -0.931. The number of rotatable bonds is 10. The molecule has 150 valence electrons. The SMILES string of the molecule is CCC(CC)NC(=O)COC(=O)[C@@H](NC(=O)c1ccc(OC)cc1)C(C)C. The van der Waals surface area contributed by atoms with E-state index < -0.39 is 17.9 Å². The van der Waals surface area contributed by atoms with Gasteiger partial charge in [0.05, 0.1) is 7.11 Å². The van der Waals surface area contributed by atoms with Crippen LogP contribution in [0.3, 0.4) is 0 Å². The van der Waals surface area contributed by atoms with E-state index >= 15 is 0 Å². The third-order valence-electron chi connectivity index (χ3n) is 4.26. The minimum Gasteiger partial charge on any atom is -0.497 e. The summed E-state index contributed by atoms with van der Waals surface area (Å²) in [6, 6.07) is 5.77. The van der Waals surface area contributed by atoms with Crippen molar-refractivity contribution in [2.45, 2.75) is 52.6 Å². The Bertz CT molecular complexity index is 624. The summed E-state index contributed by atoms with van der Waals surface area (Å²) in [5, 5.41) is 5.47. The van der Waals surface area contributed by atoms with Crippen molar-refractivity contribution >= 4 is 17.8 Å². The quantitative estimate of drug-likeness (QED) is 0.609. The van der Waals surface area contributed by atoms with Gasteiger partial charge in [-0.25, -0.2) is 4.79 Å². The Morgan fingerprint density at radius 1 is 1.00 bits per heavy atom. The Balaban J connectivity index is 2.64. The lowest BCUT2D eigenvalue weighted by Gasteiger charge is -2.21. The molecule has 0 bridgehead atoms. The summed E-state index contributed by atoms with van der Waals surface area (Å²) in [4.78, 5) is 36.6. The molecular weight excluding hydrogens is 348 g/mol. The second-order valence-electron chi connectivity index (χ2n) is 6.61. The highest BCUT2D eigenvalue weighted by Crippen LogP contribution is 2.12. The van der Waals surface area contributed by atoms with Crippen molar-refractivity contribution in [3.05, 3.63) is 29.8 Å². The highest BCUT2D eigenvalue weighted by atomic mass is 16.5. The normalized spacial score (nSPS) is 11.8. The molecule has 2 N–H and O–H groups in total. The predicted octanol–water partition coefficient (Wildman–Crippen LogP) is 2.30. The standard InChI is InChI=1S/C20H30N2O5/c1-6-15(7-2)21-17(23)12-27-20(25)18(13(3)4)22-19(24)14-8-10-16(26-5)11-9-14/h8-11,13,15,18H,6-7,12H2,1-5H3,(H,21,23)(H,22,24)/t18-/m0/s1. The Hall–Kier alpha value is -2.57. The van der Waals surface area contributed by atoms with Crippen molar-refractivity contribution in [1.82, 2.24) is 10.6 Å². The van der Waals surface area contributed by atoms with Gasteiger partial charge in [0.1, 0.15) is 11.8 Å². The number of carbonyl (C=O) groups excluding carboxylic acids is 3. The van der Waals surface area contributed by atoms with Crippen LogP contribution in [0, 0.1) is 5.92 Å². The highest BCUT2D eigenvalue weighted by Gasteiger charge is 2.27. The lowest BCUT2D eigenvalue weighted by Crippen LogP contribution is -2.46. The van der Waals surface area contributed by atoms with Crippen molar-refractivity contribution < 1.29 is 23.9 Å². The van der Waals surface area contributed by atoms with E-state index in [1.54, 1.807) is 45.2 Å². The summed E-state index contributed by atoms with van der Waals surface area (Å²) in [5.41, 5.74) is 0.403. The zero-order valence-corrected chi connectivity index (χ0v) is 16.7. The van der Waals surface area contributed by atoms with Gasteiger partial charge in [-0.15, -0.1) is 0 Å². The second-order valence-corrected chi connectivity index (χ2v) is 6.61. The third-order valence-corrected chi connectivity index (χ3v) is 4.26. The van der Waals surface area contributed by atoms with Crippen LogP contribution in [-0.4, -0.2) is 43.6 Å². The van der Waals surface area contributed by atoms with E-state index in [1.165, 1.54) is 0 Å². The molecular formula is C20H30N2O5. The zero-order chi connectivity index (χ0) is 20.4. The first kappa shape index (κ1) is 22.5. The fraction of sp³-hybridized carbons (Fsp3) is 0.550. The van der Waals surface area contributed by atoms with Gasteiger partial charge in [-0.2, -0.15) is 0 Å². The fourth-order valence-corrected chi connectivity index (χ4v) is 2.45. The van der Waals surface area contributed by atoms with Crippen LogP contribution in [0.15, 0.2) is 24.3 Å². The van der Waals surface area contributed by atoms with Gasteiger partial charge in [0, 0.05) is 11.6 Å². The Labute approximate surface area is 160 Å². The smallest absolute Gasteiger partial charge is 0.329 e. The highest BCUT2D eigenvalue weighted by molar-refractivity contribution is 5.97. The summed E-state index contributed by atoms with van der Waals surface area (Å²) in [6.07, 6.45) is 1.62. The summed E-state index contributed by atoms with van der Waals surface area (Å²) < 4.78 is 10.2. The molecule has 1 atom stereocenters. The number of benzene rings is 1. The van der Waals surface area contributed by atoms with Crippen LogP contribution in [0.5, 0.6) is 5.75 Å². The third kappa shape index (κ3) is 7.29. The number of methoxy groups -OCH3 is 1. The summed E-state index contributed by atoms with van der Waals surface area (Å²) in [7, 11) is 1.54. The van der Waals surface area contributed by atoms with Gasteiger partial charge in [0.2, 0.25) is 0 Å². The van der Waals surface area contributed by atoms with Crippen molar-refractivity contribution in [3.8, 4) is 5.75 Å². The molecule has 0 unspecified atom stereocenters. The predicted molar refractivity (Wildman–Crippen MR) is 103 cm³/mol. The number of hydrogen-bond donors (Lipinski definition) is 2. The van der Waals surface area contributed by atoms with Crippen molar-refractivity contribution in [2.75, 3.05) is 13.7 Å². The summed E-state index contributed by atoms with van der Waals surface area (Å²) in [6.45, 7) is 7.18. The second kappa shape index (κ2) is 11.2. The molecule has 27 heavy (non-hydrogen) atoms. The average Bonchev–Trinajstić information content (AvgIpc) is 2.67. The van der Waals surface area contributed by atoms with E-state index in [0.29, 0.717) is 11.3 Å². The number of esters is 1. The number of ether oxygens (including phenoxy) is 2. The van der Waals surface area contributed by atoms with Crippen LogP contribution in [0.25, 0.3) is 0 Å². The molecule has 7 heteroatoms. The topological polar surface area (TPSA) is 93.7 Å². The molecule has 0 spiro atoms. The van der Waals surface area contributed by atoms with Crippen LogP contribution in [0.2, 0.25) is 0 Å². The molecule has 0 heterocycles. The molecule has 0 radical (unpaired) electrons. The largest absolute Gasteiger partial charge is 0.497 e. The molecule has 0 aliphatic heterocycles. The van der Waals surface area contributed by atoms with E-state index in [4.69, 9.17) is 9.47 Å². The Morgan fingerprint density at radius 3 is 2.07 bits per heavy atom. The van der Waals surface area contributed by atoms with Crippen molar-refractivity contribution in [2.24, 2.45) is 5.92 Å². The van der Waals surface area contributed by atoms with Gasteiger partial charge < -0.3 is 20.1 Å². The van der Waals surface area contributed by atoms with Crippen molar-refractivity contribution in [3.63, 3.8) is 0 Å². The molecule has 1 aromatic rings. The maximum atomic E-state index is 12.4. The van der Waals surface area contributed by atoms with Crippen LogP contribution in [-0.2, 0) is 14.3 Å². The van der Waals surface area contributed by atoms with E-state index in [2.05, 4.69) is 10.6 Å². The minimum absolute atomic E-state index is 0.0619. The lowest BCUT2D eigenvalue weighted by atomic mass is 10.0. The molecule has 0 saturated heterocycles. The first-order valence-corrected chi connectivity index (χ1v) is 9.23. The first-order valence-electron chi connectivity index (χ1n) is 9.23. The molecule has 1 aromatic carbocycles. The molecule has 2 amide bonds. The van der Waals surface area contributed by atoms with Gasteiger partial charge >= 0.3 is 5.97 Å². The maximum Gasteiger partial charge on any atom is 0.329 e. The molecule has 7 nitrogen and oxygen atoms in total. The zero-order valence-electron chi connectivity index (χ0n) is 16.7. The molecule has 0 aliphatic rings. The minimum atomic E-state index is -0.847. The molecule has 0 saturated carbocycles. The lowest BCUT2D eigenvalue weighted by molar-refractivity contribution is -0.151. The number of hydrogen-bond acceptors (Lipinski definition) is 5. The van der Waals surface area contributed by atoms with Gasteiger partial charge in [-0.1, -0.05) is 27.7 Å². The first-order chi connectivity index (χ1) is 12.8. The number of carbonyl (C=O) groups is 3. The number of nitrogens with one attached hydrogen (secondary N) is 2. The van der Waals surface area contributed by atoms with Crippen molar-refractivity contribution in [1.29, 1.82) is 0 Å². The van der Waals surface area contributed by atoms with Gasteiger partial charge in [0.25, 0.3) is 11.8 Å². The van der Waals surface area contributed by atoms with Crippen LogP contribution in [0.4, 0.5) is 0 Å². The Kier molecular flexibility index (Phi) is 9.33. The van der Waals surface area contributed by atoms with Gasteiger partial charge in [-0.05, 0) is 43.0 Å². The van der Waals surface area contributed by atoms with E-state index in [-0.39, 0.29) is 24.5 Å².